The maximum atomic E-state index is 12.7. The average Bonchev–Trinajstić information content (AvgIpc) is 2.90. The lowest BCUT2D eigenvalue weighted by molar-refractivity contribution is 0.0759. The minimum absolute atomic E-state index is 0.0281. The first kappa shape index (κ1) is 18.6. The van der Waals surface area contributed by atoms with E-state index >= 15 is 0 Å². The van der Waals surface area contributed by atoms with Gasteiger partial charge in [0.1, 0.15) is 17.0 Å². The van der Waals surface area contributed by atoms with E-state index in [-0.39, 0.29) is 18.0 Å². The molecule has 132 valence electrons. The van der Waals surface area contributed by atoms with Gasteiger partial charge in [-0.2, -0.15) is 0 Å². The van der Waals surface area contributed by atoms with Crippen molar-refractivity contribution in [2.75, 3.05) is 26.1 Å². The highest BCUT2D eigenvalue weighted by molar-refractivity contribution is 7.20. The molecule has 0 radical (unpaired) electrons. The van der Waals surface area contributed by atoms with Crippen LogP contribution in [0.1, 0.15) is 42.4 Å². The number of aromatic nitrogens is 2. The summed E-state index contributed by atoms with van der Waals surface area (Å²) in [6.07, 6.45) is 2.46. The Kier molecular flexibility index (Phi) is 6.12. The summed E-state index contributed by atoms with van der Waals surface area (Å²) in [6.45, 7) is 8.68. The zero-order chi connectivity index (χ0) is 17.9. The van der Waals surface area contributed by atoms with Crippen LogP contribution < -0.4 is 5.32 Å². The number of hydrogen-bond acceptors (Lipinski definition) is 6. The lowest BCUT2D eigenvalue weighted by Gasteiger charge is -2.21. The molecule has 24 heavy (non-hydrogen) atoms. The Morgan fingerprint density at radius 2 is 2.12 bits per heavy atom. The van der Waals surface area contributed by atoms with Crippen LogP contribution in [0.15, 0.2) is 6.33 Å². The SMILES string of the molecule is CCC(COC)Nc1ncnc2sc(C(=O)N(C)C(C)C)c(C)c12. The number of carbonyl (C=O) groups is 1. The molecule has 7 heteroatoms. The van der Waals surface area contributed by atoms with Crippen LogP contribution in [0.2, 0.25) is 0 Å². The predicted molar refractivity (Wildman–Crippen MR) is 99.0 cm³/mol. The van der Waals surface area contributed by atoms with Crippen molar-refractivity contribution >= 4 is 33.3 Å². The van der Waals surface area contributed by atoms with E-state index in [1.807, 2.05) is 27.8 Å². The first-order valence-corrected chi connectivity index (χ1v) is 8.99. The van der Waals surface area contributed by atoms with Crippen LogP contribution in [0.5, 0.6) is 0 Å². The fraction of sp³-hybridized carbons (Fsp3) is 0.588. The summed E-state index contributed by atoms with van der Waals surface area (Å²) in [5.74, 6) is 0.796. The largest absolute Gasteiger partial charge is 0.383 e. The van der Waals surface area contributed by atoms with Gasteiger partial charge in [-0.15, -0.1) is 11.3 Å². The minimum atomic E-state index is 0.0281. The summed E-state index contributed by atoms with van der Waals surface area (Å²) >= 11 is 1.43. The van der Waals surface area contributed by atoms with Gasteiger partial charge in [-0.05, 0) is 32.8 Å². The van der Waals surface area contributed by atoms with Crippen LogP contribution >= 0.6 is 11.3 Å². The lowest BCUT2D eigenvalue weighted by atomic mass is 10.1. The summed E-state index contributed by atoms with van der Waals surface area (Å²) in [5.41, 5.74) is 0.933. The van der Waals surface area contributed by atoms with Gasteiger partial charge in [0.05, 0.1) is 22.9 Å². The van der Waals surface area contributed by atoms with Gasteiger partial charge in [-0.3, -0.25) is 4.79 Å². The molecule has 6 nitrogen and oxygen atoms in total. The zero-order valence-corrected chi connectivity index (χ0v) is 16.0. The number of nitrogens with one attached hydrogen (secondary N) is 1. The Bertz CT molecular complexity index is 714. The second-order valence-electron chi connectivity index (χ2n) is 6.17. The molecule has 2 aromatic heterocycles. The maximum absolute atomic E-state index is 12.7. The Morgan fingerprint density at radius 1 is 1.42 bits per heavy atom. The summed E-state index contributed by atoms with van der Waals surface area (Å²) < 4.78 is 5.25. The summed E-state index contributed by atoms with van der Waals surface area (Å²) in [4.78, 5) is 24.8. The third-order valence-corrected chi connectivity index (χ3v) is 5.41. The second kappa shape index (κ2) is 7.90. The van der Waals surface area contributed by atoms with Crippen LogP contribution in [0.3, 0.4) is 0 Å². The van der Waals surface area contributed by atoms with E-state index < -0.39 is 0 Å². The number of ether oxygens (including phenoxy) is 1. The number of rotatable bonds is 7. The Morgan fingerprint density at radius 3 is 2.71 bits per heavy atom. The maximum Gasteiger partial charge on any atom is 0.264 e. The number of amides is 1. The average molecular weight is 350 g/mol. The van der Waals surface area contributed by atoms with E-state index in [1.54, 1.807) is 18.3 Å². The van der Waals surface area contributed by atoms with Gasteiger partial charge in [-0.1, -0.05) is 6.92 Å². The fourth-order valence-corrected chi connectivity index (χ4v) is 3.57. The molecule has 0 aromatic carbocycles. The van der Waals surface area contributed by atoms with Crippen LogP contribution in [0.25, 0.3) is 10.2 Å². The van der Waals surface area contributed by atoms with Crippen molar-refractivity contribution in [1.82, 2.24) is 14.9 Å². The van der Waals surface area contributed by atoms with Crippen molar-refractivity contribution in [3.05, 3.63) is 16.8 Å². The number of carbonyl (C=O) groups excluding carboxylic acids is 1. The fourth-order valence-electron chi connectivity index (χ4n) is 2.44. The summed E-state index contributed by atoms with van der Waals surface area (Å²) in [7, 11) is 3.52. The van der Waals surface area contributed by atoms with Crippen molar-refractivity contribution in [3.8, 4) is 0 Å². The van der Waals surface area contributed by atoms with Crippen molar-refractivity contribution < 1.29 is 9.53 Å². The van der Waals surface area contributed by atoms with Crippen molar-refractivity contribution in [2.24, 2.45) is 0 Å². The molecule has 0 fully saturated rings. The first-order chi connectivity index (χ1) is 11.4. The molecule has 2 heterocycles. The zero-order valence-electron chi connectivity index (χ0n) is 15.2. The van der Waals surface area contributed by atoms with E-state index in [1.165, 1.54) is 11.3 Å². The van der Waals surface area contributed by atoms with Gasteiger partial charge in [-0.25, -0.2) is 9.97 Å². The number of anilines is 1. The molecule has 1 N–H and O–H groups in total. The van der Waals surface area contributed by atoms with E-state index in [9.17, 15) is 4.79 Å². The van der Waals surface area contributed by atoms with E-state index in [2.05, 4.69) is 22.2 Å². The highest BCUT2D eigenvalue weighted by Crippen LogP contribution is 2.34. The molecule has 0 saturated heterocycles. The van der Waals surface area contributed by atoms with Gasteiger partial charge in [0.15, 0.2) is 0 Å². The van der Waals surface area contributed by atoms with Crippen molar-refractivity contribution in [1.29, 1.82) is 0 Å². The molecule has 0 aliphatic heterocycles. The summed E-state index contributed by atoms with van der Waals surface area (Å²) in [5, 5.41) is 4.35. The molecule has 0 saturated carbocycles. The van der Waals surface area contributed by atoms with Crippen LogP contribution in [-0.4, -0.2) is 53.6 Å². The number of methoxy groups -OCH3 is 1. The number of hydrogen-bond donors (Lipinski definition) is 1. The highest BCUT2D eigenvalue weighted by atomic mass is 32.1. The first-order valence-electron chi connectivity index (χ1n) is 8.17. The van der Waals surface area contributed by atoms with Gasteiger partial charge < -0.3 is 15.0 Å². The number of aryl methyl sites for hydroxylation is 1. The number of thiophene rings is 1. The van der Waals surface area contributed by atoms with Crippen LogP contribution in [0.4, 0.5) is 5.82 Å². The summed E-state index contributed by atoms with van der Waals surface area (Å²) in [6, 6.07) is 0.321. The molecule has 0 aliphatic carbocycles. The topological polar surface area (TPSA) is 67.3 Å². The molecule has 1 unspecified atom stereocenters. The highest BCUT2D eigenvalue weighted by Gasteiger charge is 2.23. The second-order valence-corrected chi connectivity index (χ2v) is 7.17. The quantitative estimate of drug-likeness (QED) is 0.830. The van der Waals surface area contributed by atoms with Gasteiger partial charge in [0.25, 0.3) is 5.91 Å². The smallest absolute Gasteiger partial charge is 0.264 e. The normalized spacial score (nSPS) is 12.6. The number of fused-ring (bicyclic) bond motifs is 1. The third kappa shape index (κ3) is 3.67. The van der Waals surface area contributed by atoms with E-state index in [4.69, 9.17) is 4.74 Å². The molecular weight excluding hydrogens is 324 g/mol. The van der Waals surface area contributed by atoms with Gasteiger partial charge >= 0.3 is 0 Å². The lowest BCUT2D eigenvalue weighted by Crippen LogP contribution is -2.32. The van der Waals surface area contributed by atoms with Gasteiger partial charge in [0, 0.05) is 20.2 Å². The van der Waals surface area contributed by atoms with E-state index in [0.717, 1.165) is 32.9 Å². The van der Waals surface area contributed by atoms with Crippen molar-refractivity contribution in [2.45, 2.75) is 46.2 Å². The number of nitrogens with zero attached hydrogens (tertiary/aromatic N) is 3. The molecule has 0 bridgehead atoms. The molecular formula is C17H26N4O2S. The monoisotopic (exact) mass is 350 g/mol. The van der Waals surface area contributed by atoms with Crippen LogP contribution in [-0.2, 0) is 4.74 Å². The molecule has 0 aliphatic rings. The molecule has 1 atom stereocenters. The molecule has 0 spiro atoms. The molecule has 2 aromatic rings. The molecule has 2 rings (SSSR count). The van der Waals surface area contributed by atoms with Crippen LogP contribution in [0, 0.1) is 6.92 Å². The minimum Gasteiger partial charge on any atom is -0.383 e. The third-order valence-electron chi connectivity index (χ3n) is 4.22. The van der Waals surface area contributed by atoms with E-state index in [0.29, 0.717) is 6.61 Å². The van der Waals surface area contributed by atoms with Crippen molar-refractivity contribution in [3.63, 3.8) is 0 Å². The Balaban J connectivity index is 2.44. The predicted octanol–water partition coefficient (Wildman–Crippen LogP) is 3.32. The van der Waals surface area contributed by atoms with Gasteiger partial charge in [0.2, 0.25) is 0 Å². The standard InChI is InChI=1S/C17H26N4O2S/c1-7-12(8-23-6)20-15-13-11(4)14(17(22)21(5)10(2)3)24-16(13)19-9-18-15/h9-10,12H,7-8H2,1-6H3,(H,18,19,20). The Labute approximate surface area is 147 Å². The molecule has 1 amide bonds. The Hall–Kier alpha value is -1.73.